The molecule has 0 atom stereocenters. The Balaban J connectivity index is 1.72. The Labute approximate surface area is 122 Å². The average Bonchev–Trinajstić information content (AvgIpc) is 2.99. The van der Waals surface area contributed by atoms with Crippen LogP contribution in [0.1, 0.15) is 43.4 Å². The summed E-state index contributed by atoms with van der Waals surface area (Å²) in [6.07, 6.45) is 2.98. The summed E-state index contributed by atoms with van der Waals surface area (Å²) in [4.78, 5) is 0.908. The number of nitrogens with zero attached hydrogens (tertiary/aromatic N) is 4. The lowest BCUT2D eigenvalue weighted by atomic mass is 10.00. The van der Waals surface area contributed by atoms with Crippen LogP contribution >= 0.6 is 11.3 Å². The number of rotatable bonds is 5. The first kappa shape index (κ1) is 13.9. The van der Waals surface area contributed by atoms with E-state index in [4.69, 9.17) is 4.74 Å². The van der Waals surface area contributed by atoms with Crippen LogP contribution in [0.5, 0.6) is 0 Å². The molecule has 2 aromatic heterocycles. The fraction of sp³-hybridized carbons (Fsp3) is 0.769. The van der Waals surface area contributed by atoms with Crippen molar-refractivity contribution in [2.45, 2.75) is 45.1 Å². The zero-order chi connectivity index (χ0) is 13.9. The molecule has 20 heavy (non-hydrogen) atoms. The van der Waals surface area contributed by atoms with Crippen LogP contribution < -0.4 is 5.32 Å². The molecule has 0 radical (unpaired) electrons. The van der Waals surface area contributed by atoms with Crippen LogP contribution in [0.25, 0.3) is 4.96 Å². The number of hydrogen-bond acceptors (Lipinski definition) is 6. The van der Waals surface area contributed by atoms with E-state index in [1.54, 1.807) is 11.3 Å². The monoisotopic (exact) mass is 295 g/mol. The fourth-order valence-electron chi connectivity index (χ4n) is 2.45. The molecule has 0 spiro atoms. The zero-order valence-corrected chi connectivity index (χ0v) is 12.8. The molecule has 0 amide bonds. The van der Waals surface area contributed by atoms with E-state index in [1.165, 1.54) is 0 Å². The molecule has 1 aliphatic heterocycles. The predicted octanol–water partition coefficient (Wildman–Crippen LogP) is 1.62. The SMILES string of the molecule is CC(C)NCCc1nn2c(C3CCOCC3)nnc2s1. The van der Waals surface area contributed by atoms with Gasteiger partial charge in [0.2, 0.25) is 4.96 Å². The summed E-state index contributed by atoms with van der Waals surface area (Å²) in [7, 11) is 0. The van der Waals surface area contributed by atoms with Gasteiger partial charge in [-0.2, -0.15) is 9.61 Å². The van der Waals surface area contributed by atoms with Crippen molar-refractivity contribution in [1.29, 1.82) is 0 Å². The Hall–Kier alpha value is -1.05. The van der Waals surface area contributed by atoms with Crippen LogP contribution in [-0.4, -0.2) is 45.6 Å². The molecule has 3 rings (SSSR count). The Kier molecular flexibility index (Phi) is 4.28. The number of nitrogens with one attached hydrogen (secondary N) is 1. The van der Waals surface area contributed by atoms with Crippen molar-refractivity contribution >= 4 is 16.3 Å². The third-order valence-electron chi connectivity index (χ3n) is 3.53. The van der Waals surface area contributed by atoms with Gasteiger partial charge < -0.3 is 10.1 Å². The highest BCUT2D eigenvalue weighted by atomic mass is 32.1. The summed E-state index contributed by atoms with van der Waals surface area (Å²) in [6, 6.07) is 0.513. The zero-order valence-electron chi connectivity index (χ0n) is 12.0. The molecule has 110 valence electrons. The van der Waals surface area contributed by atoms with Crippen molar-refractivity contribution in [3.05, 3.63) is 10.8 Å². The Bertz CT molecular complexity index is 558. The summed E-state index contributed by atoms with van der Waals surface area (Å²) in [5.41, 5.74) is 0. The third-order valence-corrected chi connectivity index (χ3v) is 4.49. The van der Waals surface area contributed by atoms with Gasteiger partial charge in [-0.05, 0) is 12.8 Å². The van der Waals surface area contributed by atoms with Crippen LogP contribution in [0, 0.1) is 0 Å². The Morgan fingerprint density at radius 2 is 2.15 bits per heavy atom. The summed E-state index contributed by atoms with van der Waals surface area (Å²) in [5, 5.41) is 17.8. The molecule has 7 heteroatoms. The molecule has 1 saturated heterocycles. The van der Waals surface area contributed by atoms with Gasteiger partial charge >= 0.3 is 0 Å². The number of fused-ring (bicyclic) bond motifs is 1. The second-order valence-electron chi connectivity index (χ2n) is 5.49. The third kappa shape index (κ3) is 2.99. The van der Waals surface area contributed by atoms with E-state index in [2.05, 4.69) is 34.5 Å². The lowest BCUT2D eigenvalue weighted by Gasteiger charge is -2.19. The number of aromatic nitrogens is 4. The molecular weight excluding hydrogens is 274 g/mol. The molecule has 0 aliphatic carbocycles. The molecule has 1 aliphatic rings. The van der Waals surface area contributed by atoms with E-state index in [1.807, 2.05) is 4.52 Å². The van der Waals surface area contributed by atoms with Gasteiger partial charge in [-0.15, -0.1) is 10.2 Å². The Morgan fingerprint density at radius 1 is 1.35 bits per heavy atom. The van der Waals surface area contributed by atoms with Crippen LogP contribution in [-0.2, 0) is 11.2 Å². The van der Waals surface area contributed by atoms with Gasteiger partial charge in [-0.3, -0.25) is 0 Å². The lowest BCUT2D eigenvalue weighted by molar-refractivity contribution is 0.0831. The van der Waals surface area contributed by atoms with E-state index in [0.717, 1.165) is 54.8 Å². The highest BCUT2D eigenvalue weighted by molar-refractivity contribution is 7.16. The van der Waals surface area contributed by atoms with E-state index < -0.39 is 0 Å². The lowest BCUT2D eigenvalue weighted by Crippen LogP contribution is -2.25. The average molecular weight is 295 g/mol. The maximum atomic E-state index is 5.41. The summed E-state index contributed by atoms with van der Waals surface area (Å²) < 4.78 is 7.34. The van der Waals surface area contributed by atoms with Crippen molar-refractivity contribution in [3.63, 3.8) is 0 Å². The number of hydrogen-bond donors (Lipinski definition) is 1. The second-order valence-corrected chi connectivity index (χ2v) is 6.53. The summed E-state index contributed by atoms with van der Waals surface area (Å²) in [5.74, 6) is 1.44. The van der Waals surface area contributed by atoms with E-state index in [-0.39, 0.29) is 0 Å². The van der Waals surface area contributed by atoms with Crippen LogP contribution in [0.3, 0.4) is 0 Å². The molecule has 1 fully saturated rings. The first-order valence-corrected chi connectivity index (χ1v) is 8.08. The minimum absolute atomic E-state index is 0.433. The molecule has 3 heterocycles. The molecular formula is C13H21N5OS. The fourth-order valence-corrected chi connectivity index (χ4v) is 3.29. The largest absolute Gasteiger partial charge is 0.381 e. The van der Waals surface area contributed by atoms with Gasteiger partial charge in [0, 0.05) is 38.1 Å². The smallest absolute Gasteiger partial charge is 0.234 e. The maximum Gasteiger partial charge on any atom is 0.234 e. The van der Waals surface area contributed by atoms with Gasteiger partial charge in [-0.1, -0.05) is 25.2 Å². The van der Waals surface area contributed by atoms with Crippen LogP contribution in [0.15, 0.2) is 0 Å². The minimum atomic E-state index is 0.433. The Morgan fingerprint density at radius 3 is 2.90 bits per heavy atom. The topological polar surface area (TPSA) is 64.3 Å². The molecule has 0 aromatic carbocycles. The van der Waals surface area contributed by atoms with Crippen molar-refractivity contribution < 1.29 is 4.74 Å². The van der Waals surface area contributed by atoms with Gasteiger partial charge in [0.1, 0.15) is 5.01 Å². The quantitative estimate of drug-likeness (QED) is 0.908. The standard InChI is InChI=1S/C13H21N5OS/c1-9(2)14-6-3-11-17-18-12(15-16-13(18)20-11)10-4-7-19-8-5-10/h9-10,14H,3-8H2,1-2H3. The maximum absolute atomic E-state index is 5.41. The predicted molar refractivity (Wildman–Crippen MR) is 78.3 cm³/mol. The van der Waals surface area contributed by atoms with Crippen LogP contribution in [0.2, 0.25) is 0 Å². The van der Waals surface area contributed by atoms with Crippen molar-refractivity contribution in [1.82, 2.24) is 25.1 Å². The molecule has 0 unspecified atom stereocenters. The van der Waals surface area contributed by atoms with Gasteiger partial charge in [0.25, 0.3) is 0 Å². The highest BCUT2D eigenvalue weighted by Gasteiger charge is 2.23. The van der Waals surface area contributed by atoms with Crippen molar-refractivity contribution in [2.24, 2.45) is 0 Å². The van der Waals surface area contributed by atoms with Crippen molar-refractivity contribution in [2.75, 3.05) is 19.8 Å². The first-order chi connectivity index (χ1) is 9.74. The summed E-state index contributed by atoms with van der Waals surface area (Å²) >= 11 is 1.64. The molecule has 6 nitrogen and oxygen atoms in total. The normalized spacial score (nSPS) is 17.4. The minimum Gasteiger partial charge on any atom is -0.381 e. The van der Waals surface area contributed by atoms with Gasteiger partial charge in [0.15, 0.2) is 5.82 Å². The molecule has 0 bridgehead atoms. The number of ether oxygens (including phenoxy) is 1. The van der Waals surface area contributed by atoms with Gasteiger partial charge in [0.05, 0.1) is 0 Å². The summed E-state index contributed by atoms with van der Waals surface area (Å²) in [6.45, 7) is 6.89. The van der Waals surface area contributed by atoms with E-state index in [9.17, 15) is 0 Å². The molecule has 1 N–H and O–H groups in total. The molecule has 0 saturated carbocycles. The van der Waals surface area contributed by atoms with Gasteiger partial charge in [-0.25, -0.2) is 0 Å². The van der Waals surface area contributed by atoms with Crippen LogP contribution in [0.4, 0.5) is 0 Å². The van der Waals surface area contributed by atoms with E-state index in [0.29, 0.717) is 12.0 Å². The highest BCUT2D eigenvalue weighted by Crippen LogP contribution is 2.27. The van der Waals surface area contributed by atoms with E-state index >= 15 is 0 Å². The molecule has 2 aromatic rings. The second kappa shape index (κ2) is 6.15. The first-order valence-electron chi connectivity index (χ1n) is 7.26. The van der Waals surface area contributed by atoms with Crippen molar-refractivity contribution in [3.8, 4) is 0 Å².